The molecule has 2 N–H and O–H groups in total. The van der Waals surface area contributed by atoms with Crippen LogP contribution in [-0.4, -0.2) is 28.4 Å². The van der Waals surface area contributed by atoms with Crippen LogP contribution in [0.2, 0.25) is 0 Å². The molecule has 1 heterocycles. The molecule has 0 amide bonds. The largest absolute Gasteiger partial charge is 0.491 e. The van der Waals surface area contributed by atoms with Crippen LogP contribution in [0.15, 0.2) is 31.0 Å². The predicted octanol–water partition coefficient (Wildman–Crippen LogP) is 3.52. The second kappa shape index (κ2) is 7.06. The van der Waals surface area contributed by atoms with Crippen LogP contribution in [0, 0.1) is 0 Å². The summed E-state index contributed by atoms with van der Waals surface area (Å²) in [5.74, 6) is -0.468. The van der Waals surface area contributed by atoms with Crippen molar-refractivity contribution in [3.8, 4) is 5.75 Å². The van der Waals surface area contributed by atoms with E-state index in [1.165, 1.54) is 6.20 Å². The number of nitrogens with zero attached hydrogens (tertiary/aromatic N) is 1. The summed E-state index contributed by atoms with van der Waals surface area (Å²) >= 11 is 1.01. The smallest absolute Gasteiger partial charge is 0.347 e. The molecule has 0 fully saturated rings. The molecule has 0 aliphatic carbocycles. The fraction of sp³-hybridized carbons (Fsp3) is 0.188. The Balaban J connectivity index is 2.23. The minimum atomic E-state index is -1.03. The van der Waals surface area contributed by atoms with Crippen molar-refractivity contribution in [1.82, 2.24) is 4.98 Å². The highest BCUT2D eigenvalue weighted by Crippen LogP contribution is 2.26. The summed E-state index contributed by atoms with van der Waals surface area (Å²) < 4.78 is 5.61. The Morgan fingerprint density at radius 3 is 2.74 bits per heavy atom. The first kappa shape index (κ1) is 16.7. The fourth-order valence-corrected chi connectivity index (χ4v) is 2.52. The van der Waals surface area contributed by atoms with E-state index in [9.17, 15) is 9.59 Å². The zero-order valence-electron chi connectivity index (χ0n) is 12.7. The maximum Gasteiger partial charge on any atom is 0.347 e. The number of anilines is 1. The highest BCUT2D eigenvalue weighted by Gasteiger charge is 2.11. The number of carbonyl (C=O) groups is 2. The number of aromatic carboxylic acids is 1. The van der Waals surface area contributed by atoms with Crippen LogP contribution >= 0.6 is 11.3 Å². The predicted molar refractivity (Wildman–Crippen MR) is 89.3 cm³/mol. The molecule has 2 rings (SSSR count). The van der Waals surface area contributed by atoms with Crippen molar-refractivity contribution in [3.05, 3.63) is 47.0 Å². The molecule has 0 spiro atoms. The molecule has 0 aliphatic rings. The number of carboxylic acid groups (broad SMARTS) is 1. The van der Waals surface area contributed by atoms with Crippen molar-refractivity contribution < 1.29 is 19.4 Å². The average molecular weight is 332 g/mol. The number of aromatic nitrogens is 1. The lowest BCUT2D eigenvalue weighted by molar-refractivity contribution is 0.0701. The zero-order valence-corrected chi connectivity index (χ0v) is 13.5. The molecule has 0 saturated heterocycles. The molecule has 120 valence electrons. The maximum absolute atomic E-state index is 11.1. The number of thiazole rings is 1. The van der Waals surface area contributed by atoms with E-state index in [0.29, 0.717) is 27.7 Å². The van der Waals surface area contributed by atoms with E-state index in [1.54, 1.807) is 18.2 Å². The van der Waals surface area contributed by atoms with E-state index < -0.39 is 5.97 Å². The number of hydrogen-bond acceptors (Lipinski definition) is 6. The molecule has 1 aromatic heterocycles. The van der Waals surface area contributed by atoms with Gasteiger partial charge in [-0.05, 0) is 32.0 Å². The quantitative estimate of drug-likeness (QED) is 0.754. The van der Waals surface area contributed by atoms with Gasteiger partial charge < -0.3 is 15.2 Å². The van der Waals surface area contributed by atoms with Crippen LogP contribution in [0.5, 0.6) is 5.75 Å². The second-order valence-corrected chi connectivity index (χ2v) is 6.04. The van der Waals surface area contributed by atoms with Crippen LogP contribution in [0.4, 0.5) is 5.13 Å². The van der Waals surface area contributed by atoms with Crippen molar-refractivity contribution in [3.63, 3.8) is 0 Å². The van der Waals surface area contributed by atoms with Gasteiger partial charge in [-0.1, -0.05) is 17.9 Å². The molecule has 6 nitrogen and oxygen atoms in total. The summed E-state index contributed by atoms with van der Waals surface area (Å²) in [5, 5.41) is 12.3. The van der Waals surface area contributed by atoms with Gasteiger partial charge in [0.2, 0.25) is 0 Å². The first-order valence-corrected chi connectivity index (χ1v) is 7.63. The van der Waals surface area contributed by atoms with Gasteiger partial charge in [-0.15, -0.1) is 0 Å². The van der Waals surface area contributed by atoms with Gasteiger partial charge in [0.25, 0.3) is 0 Å². The van der Waals surface area contributed by atoms with Crippen molar-refractivity contribution in [2.24, 2.45) is 0 Å². The van der Waals surface area contributed by atoms with Gasteiger partial charge in [-0.2, -0.15) is 0 Å². The van der Waals surface area contributed by atoms with Crippen LogP contribution in [0.1, 0.15) is 39.4 Å². The van der Waals surface area contributed by atoms with Crippen LogP contribution < -0.4 is 10.1 Å². The molecular weight excluding hydrogens is 316 g/mol. The van der Waals surface area contributed by atoms with Gasteiger partial charge in [0.05, 0.1) is 12.3 Å². The number of rotatable bonds is 7. The molecule has 0 aliphatic heterocycles. The molecule has 0 unspecified atom stereocenters. The van der Waals surface area contributed by atoms with Crippen molar-refractivity contribution in [2.75, 3.05) is 5.32 Å². The molecular formula is C16H16N2O4S. The molecule has 0 saturated carbocycles. The van der Waals surface area contributed by atoms with E-state index in [2.05, 4.69) is 16.9 Å². The normalized spacial score (nSPS) is 10.4. The topological polar surface area (TPSA) is 88.5 Å². The summed E-state index contributed by atoms with van der Waals surface area (Å²) in [6, 6.07) is 5.07. The van der Waals surface area contributed by atoms with Crippen LogP contribution in [-0.2, 0) is 0 Å². The van der Waals surface area contributed by atoms with E-state index in [4.69, 9.17) is 9.84 Å². The molecule has 0 radical (unpaired) electrons. The molecule has 7 heteroatoms. The summed E-state index contributed by atoms with van der Waals surface area (Å²) in [6.07, 6.45) is 1.98. The number of carboxylic acids is 1. The zero-order chi connectivity index (χ0) is 17.0. The van der Waals surface area contributed by atoms with Crippen LogP contribution in [0.3, 0.4) is 0 Å². The Labute approximate surface area is 137 Å². The summed E-state index contributed by atoms with van der Waals surface area (Å²) in [4.78, 5) is 26.1. The number of benzene rings is 1. The SMILES string of the molecule is C=C(Nc1ncc(C(=O)O)s1)c1cc(C=O)cc(OC(C)C)c1. The van der Waals surface area contributed by atoms with Crippen LogP contribution in [0.25, 0.3) is 5.70 Å². The lowest BCUT2D eigenvalue weighted by atomic mass is 10.1. The second-order valence-electron chi connectivity index (χ2n) is 5.01. The van der Waals surface area contributed by atoms with E-state index >= 15 is 0 Å². The monoisotopic (exact) mass is 332 g/mol. The first-order chi connectivity index (χ1) is 10.9. The van der Waals surface area contributed by atoms with Gasteiger partial charge in [0.1, 0.15) is 16.9 Å². The van der Waals surface area contributed by atoms with Crippen molar-refractivity contribution >= 4 is 34.4 Å². The van der Waals surface area contributed by atoms with Gasteiger partial charge >= 0.3 is 5.97 Å². The Morgan fingerprint density at radius 1 is 1.43 bits per heavy atom. The lowest BCUT2D eigenvalue weighted by Crippen LogP contribution is -2.07. The molecule has 0 bridgehead atoms. The Hall–Kier alpha value is -2.67. The third kappa shape index (κ3) is 4.40. The fourth-order valence-electron chi connectivity index (χ4n) is 1.84. The molecule has 23 heavy (non-hydrogen) atoms. The van der Waals surface area contributed by atoms with Gasteiger partial charge in [0.15, 0.2) is 5.13 Å². The molecule has 0 atom stereocenters. The lowest BCUT2D eigenvalue weighted by Gasteiger charge is -2.13. The van der Waals surface area contributed by atoms with E-state index in [0.717, 1.165) is 17.6 Å². The summed E-state index contributed by atoms with van der Waals surface area (Å²) in [7, 11) is 0. The van der Waals surface area contributed by atoms with Gasteiger partial charge in [-0.3, -0.25) is 4.79 Å². The van der Waals surface area contributed by atoms with E-state index in [-0.39, 0.29) is 11.0 Å². The van der Waals surface area contributed by atoms with Crippen molar-refractivity contribution in [2.45, 2.75) is 20.0 Å². The number of aldehydes is 1. The first-order valence-electron chi connectivity index (χ1n) is 6.81. The van der Waals surface area contributed by atoms with Gasteiger partial charge in [0, 0.05) is 16.8 Å². The average Bonchev–Trinajstić information content (AvgIpc) is 2.94. The minimum absolute atomic E-state index is 0.0249. The molecule has 2 aromatic rings. The Bertz CT molecular complexity index is 752. The maximum atomic E-state index is 11.1. The Morgan fingerprint density at radius 2 is 2.17 bits per heavy atom. The Kier molecular flexibility index (Phi) is 5.13. The highest BCUT2D eigenvalue weighted by molar-refractivity contribution is 7.17. The van der Waals surface area contributed by atoms with Gasteiger partial charge in [-0.25, -0.2) is 9.78 Å². The van der Waals surface area contributed by atoms with Crippen molar-refractivity contribution in [1.29, 1.82) is 0 Å². The number of ether oxygens (including phenoxy) is 1. The third-order valence-electron chi connectivity index (χ3n) is 2.76. The third-order valence-corrected chi connectivity index (χ3v) is 3.66. The standard InChI is InChI=1S/C16H16N2O4S/c1-9(2)22-13-5-11(8-19)4-12(6-13)10(3)18-16-17-7-14(23-16)15(20)21/h4-9H,3H2,1-2H3,(H,17,18)(H,20,21). The number of carbonyl (C=O) groups excluding carboxylic acids is 1. The summed E-state index contributed by atoms with van der Waals surface area (Å²) in [5.41, 5.74) is 1.62. The molecule has 1 aromatic carbocycles. The van der Waals surface area contributed by atoms with E-state index in [1.807, 2.05) is 13.8 Å². The number of hydrogen-bond donors (Lipinski definition) is 2. The number of nitrogens with one attached hydrogen (secondary N) is 1. The minimum Gasteiger partial charge on any atom is -0.491 e. The highest BCUT2D eigenvalue weighted by atomic mass is 32.1. The summed E-state index contributed by atoms with van der Waals surface area (Å²) in [6.45, 7) is 7.69.